The summed E-state index contributed by atoms with van der Waals surface area (Å²) in [5.74, 6) is 0.883. The molecule has 0 radical (unpaired) electrons. The summed E-state index contributed by atoms with van der Waals surface area (Å²) in [4.78, 5) is 24.6. The molecule has 2 unspecified atom stereocenters. The van der Waals surface area contributed by atoms with Crippen LogP contribution in [-0.2, 0) is 9.53 Å². The first-order valence-corrected chi connectivity index (χ1v) is 8.93. The molecule has 1 saturated heterocycles. The van der Waals surface area contributed by atoms with Crippen LogP contribution in [0.5, 0.6) is 0 Å². The van der Waals surface area contributed by atoms with Gasteiger partial charge in [-0.1, -0.05) is 19.3 Å². The van der Waals surface area contributed by atoms with Gasteiger partial charge < -0.3 is 20.7 Å². The summed E-state index contributed by atoms with van der Waals surface area (Å²) in [5, 5.41) is 3.64. The number of hydrogen-bond donors (Lipinski definition) is 2. The number of nitrogens with zero attached hydrogens (tertiary/aromatic N) is 1. The molecule has 6 nitrogen and oxygen atoms in total. The maximum atomic E-state index is 11.6. The molecule has 0 spiro atoms. The van der Waals surface area contributed by atoms with E-state index in [4.69, 9.17) is 10.5 Å². The van der Waals surface area contributed by atoms with Gasteiger partial charge in [-0.15, -0.1) is 0 Å². The average molecular weight is 325 g/mol. The number of amides is 2. The fourth-order valence-corrected chi connectivity index (χ4v) is 3.89. The topological polar surface area (TPSA) is 84.7 Å². The minimum absolute atomic E-state index is 0.187. The Kier molecular flexibility index (Phi) is 7.15. The minimum atomic E-state index is -0.364. The standard InChI is InChI=1S/C17H31N3O3/c1-23-16(21)8-7-14-9-15(12-20(11-14)17(18)22)19-10-13-5-3-2-4-6-13/h13-15,19H,2-12H2,1H3,(H2,18,22). The van der Waals surface area contributed by atoms with E-state index in [1.165, 1.54) is 39.2 Å². The summed E-state index contributed by atoms with van der Waals surface area (Å²) in [6.45, 7) is 2.35. The molecule has 2 fully saturated rings. The van der Waals surface area contributed by atoms with Crippen LogP contribution in [0.2, 0.25) is 0 Å². The molecule has 0 bridgehead atoms. The van der Waals surface area contributed by atoms with Crippen molar-refractivity contribution in [3.8, 4) is 0 Å². The van der Waals surface area contributed by atoms with Crippen molar-refractivity contribution in [1.82, 2.24) is 10.2 Å². The van der Waals surface area contributed by atoms with Crippen LogP contribution in [0.1, 0.15) is 51.4 Å². The van der Waals surface area contributed by atoms with Crippen molar-refractivity contribution >= 4 is 12.0 Å². The molecule has 1 aliphatic heterocycles. The lowest BCUT2D eigenvalue weighted by Gasteiger charge is -2.38. The van der Waals surface area contributed by atoms with Gasteiger partial charge in [-0.05, 0) is 44.1 Å². The van der Waals surface area contributed by atoms with Gasteiger partial charge in [0, 0.05) is 25.6 Å². The number of nitrogens with one attached hydrogen (secondary N) is 1. The highest BCUT2D eigenvalue weighted by Crippen LogP contribution is 2.25. The molecule has 23 heavy (non-hydrogen) atoms. The van der Waals surface area contributed by atoms with E-state index < -0.39 is 0 Å². The highest BCUT2D eigenvalue weighted by atomic mass is 16.5. The van der Waals surface area contributed by atoms with Crippen LogP contribution in [0.25, 0.3) is 0 Å². The molecule has 0 aromatic carbocycles. The average Bonchev–Trinajstić information content (AvgIpc) is 2.58. The van der Waals surface area contributed by atoms with Crippen LogP contribution in [0.4, 0.5) is 4.79 Å². The van der Waals surface area contributed by atoms with E-state index in [1.54, 1.807) is 4.90 Å². The molecule has 2 atom stereocenters. The lowest BCUT2D eigenvalue weighted by atomic mass is 9.87. The number of esters is 1. The fraction of sp³-hybridized carbons (Fsp3) is 0.882. The van der Waals surface area contributed by atoms with Gasteiger partial charge in [-0.25, -0.2) is 4.79 Å². The largest absolute Gasteiger partial charge is 0.469 e. The molecule has 2 aliphatic rings. The number of urea groups is 1. The van der Waals surface area contributed by atoms with E-state index in [2.05, 4.69) is 5.32 Å². The summed E-state index contributed by atoms with van der Waals surface area (Å²) in [7, 11) is 1.41. The molecule has 3 N–H and O–H groups in total. The second kappa shape index (κ2) is 9.11. The second-order valence-electron chi connectivity index (χ2n) is 7.07. The number of rotatable bonds is 6. The number of nitrogens with two attached hydrogens (primary N) is 1. The zero-order valence-corrected chi connectivity index (χ0v) is 14.3. The molecular weight excluding hydrogens is 294 g/mol. The van der Waals surface area contributed by atoms with Crippen molar-refractivity contribution in [3.05, 3.63) is 0 Å². The fourth-order valence-electron chi connectivity index (χ4n) is 3.89. The van der Waals surface area contributed by atoms with Crippen LogP contribution >= 0.6 is 0 Å². The van der Waals surface area contributed by atoms with E-state index in [9.17, 15) is 9.59 Å². The van der Waals surface area contributed by atoms with E-state index in [0.717, 1.165) is 25.3 Å². The van der Waals surface area contributed by atoms with Gasteiger partial charge in [0.1, 0.15) is 0 Å². The molecule has 1 saturated carbocycles. The third-order valence-corrected chi connectivity index (χ3v) is 5.25. The molecule has 2 rings (SSSR count). The van der Waals surface area contributed by atoms with Gasteiger partial charge in [0.25, 0.3) is 0 Å². The Balaban J connectivity index is 1.81. The number of hydrogen-bond acceptors (Lipinski definition) is 4. The minimum Gasteiger partial charge on any atom is -0.469 e. The molecule has 0 aromatic heterocycles. The van der Waals surface area contributed by atoms with E-state index in [-0.39, 0.29) is 18.0 Å². The normalized spacial score (nSPS) is 26.0. The van der Waals surface area contributed by atoms with E-state index in [1.807, 2.05) is 0 Å². The third kappa shape index (κ3) is 6.01. The van der Waals surface area contributed by atoms with Crippen molar-refractivity contribution in [2.75, 3.05) is 26.7 Å². The summed E-state index contributed by atoms with van der Waals surface area (Å²) < 4.78 is 4.71. The van der Waals surface area contributed by atoms with Crippen molar-refractivity contribution < 1.29 is 14.3 Å². The van der Waals surface area contributed by atoms with Crippen LogP contribution in [0.15, 0.2) is 0 Å². The van der Waals surface area contributed by atoms with Gasteiger partial charge in [0.2, 0.25) is 0 Å². The zero-order valence-electron chi connectivity index (χ0n) is 14.3. The van der Waals surface area contributed by atoms with Crippen molar-refractivity contribution in [1.29, 1.82) is 0 Å². The molecule has 1 aliphatic carbocycles. The van der Waals surface area contributed by atoms with Gasteiger partial charge in [0.15, 0.2) is 0 Å². The first-order valence-electron chi connectivity index (χ1n) is 8.93. The molecular formula is C17H31N3O3. The predicted molar refractivity (Wildman–Crippen MR) is 88.9 cm³/mol. The number of piperidine rings is 1. The zero-order chi connectivity index (χ0) is 16.7. The summed E-state index contributed by atoms with van der Waals surface area (Å²) in [6, 6.07) is -0.0851. The third-order valence-electron chi connectivity index (χ3n) is 5.25. The van der Waals surface area contributed by atoms with E-state index in [0.29, 0.717) is 25.4 Å². The molecule has 2 amide bonds. The molecule has 6 heteroatoms. The van der Waals surface area contributed by atoms with Gasteiger partial charge >= 0.3 is 12.0 Å². The number of carbonyl (C=O) groups is 2. The highest BCUT2D eigenvalue weighted by molar-refractivity contribution is 5.72. The Morgan fingerprint density at radius 2 is 1.91 bits per heavy atom. The first kappa shape index (κ1) is 18.0. The maximum Gasteiger partial charge on any atom is 0.314 e. The molecule has 132 valence electrons. The van der Waals surface area contributed by atoms with Crippen molar-refractivity contribution in [2.45, 2.75) is 57.4 Å². The monoisotopic (exact) mass is 325 g/mol. The van der Waals surface area contributed by atoms with Gasteiger partial charge in [0.05, 0.1) is 7.11 Å². The predicted octanol–water partition coefficient (Wildman–Crippen LogP) is 1.88. The Labute approximate surface area is 139 Å². The molecule has 1 heterocycles. The van der Waals surface area contributed by atoms with Crippen LogP contribution < -0.4 is 11.1 Å². The number of primary amides is 1. The van der Waals surface area contributed by atoms with Crippen LogP contribution in [0, 0.1) is 11.8 Å². The van der Waals surface area contributed by atoms with Crippen LogP contribution in [-0.4, -0.2) is 49.7 Å². The lowest BCUT2D eigenvalue weighted by Crippen LogP contribution is -2.53. The summed E-state index contributed by atoms with van der Waals surface area (Å²) >= 11 is 0. The van der Waals surface area contributed by atoms with Crippen LogP contribution in [0.3, 0.4) is 0 Å². The Hall–Kier alpha value is -1.30. The summed E-state index contributed by atoms with van der Waals surface area (Å²) in [5.41, 5.74) is 5.48. The Morgan fingerprint density at radius 3 is 2.57 bits per heavy atom. The SMILES string of the molecule is COC(=O)CCC1CC(NCC2CCCCC2)CN(C(N)=O)C1. The number of ether oxygens (including phenoxy) is 1. The first-order chi connectivity index (χ1) is 11.1. The van der Waals surface area contributed by atoms with Crippen molar-refractivity contribution in [2.24, 2.45) is 17.6 Å². The highest BCUT2D eigenvalue weighted by Gasteiger charge is 2.29. The Morgan fingerprint density at radius 1 is 1.17 bits per heavy atom. The van der Waals surface area contributed by atoms with Gasteiger partial charge in [-0.3, -0.25) is 4.79 Å². The quantitative estimate of drug-likeness (QED) is 0.730. The van der Waals surface area contributed by atoms with E-state index >= 15 is 0 Å². The smallest absolute Gasteiger partial charge is 0.314 e. The second-order valence-corrected chi connectivity index (χ2v) is 7.07. The van der Waals surface area contributed by atoms with Gasteiger partial charge in [-0.2, -0.15) is 0 Å². The maximum absolute atomic E-state index is 11.6. The number of methoxy groups -OCH3 is 1. The summed E-state index contributed by atoms with van der Waals surface area (Å²) in [6.07, 6.45) is 8.81. The number of likely N-dealkylation sites (tertiary alicyclic amines) is 1. The number of carbonyl (C=O) groups excluding carboxylic acids is 2. The lowest BCUT2D eigenvalue weighted by molar-refractivity contribution is -0.141. The Bertz CT molecular complexity index is 397. The molecule has 0 aromatic rings. The van der Waals surface area contributed by atoms with Crippen molar-refractivity contribution in [3.63, 3.8) is 0 Å².